The first-order chi connectivity index (χ1) is 12.1. The van der Waals surface area contributed by atoms with Crippen LogP contribution in [0.3, 0.4) is 0 Å². The third-order valence-corrected chi connectivity index (χ3v) is 3.84. The molecule has 0 saturated carbocycles. The fourth-order valence-electron chi connectivity index (χ4n) is 2.06. The molecule has 0 aromatic heterocycles. The van der Waals surface area contributed by atoms with Gasteiger partial charge in [-0.25, -0.2) is 4.79 Å². The normalized spacial score (nSPS) is 12.6. The molecule has 1 rings (SSSR count). The largest absolute Gasteiger partial charge is 0.444 e. The van der Waals surface area contributed by atoms with Crippen LogP contribution in [0.1, 0.15) is 40.2 Å². The van der Waals surface area contributed by atoms with Gasteiger partial charge in [0.15, 0.2) is 0 Å². The van der Waals surface area contributed by atoms with Gasteiger partial charge in [0.05, 0.1) is 12.6 Å². The van der Waals surface area contributed by atoms with E-state index < -0.39 is 11.7 Å². The van der Waals surface area contributed by atoms with Crippen molar-refractivity contribution in [1.29, 1.82) is 0 Å². The molecule has 0 radical (unpaired) electrons. The summed E-state index contributed by atoms with van der Waals surface area (Å²) in [7, 11) is 0. The van der Waals surface area contributed by atoms with E-state index >= 15 is 0 Å². The average molecular weight is 385 g/mol. The van der Waals surface area contributed by atoms with Crippen LogP contribution in [0.25, 0.3) is 0 Å². The van der Waals surface area contributed by atoms with E-state index in [1.807, 2.05) is 32.0 Å². The van der Waals surface area contributed by atoms with Crippen LogP contribution in [0.5, 0.6) is 0 Å². The lowest BCUT2D eigenvalue weighted by Gasteiger charge is -2.26. The summed E-state index contributed by atoms with van der Waals surface area (Å²) in [6.45, 7) is 9.80. The molecule has 1 atom stereocenters. The maximum absolute atomic E-state index is 11.9. The summed E-state index contributed by atoms with van der Waals surface area (Å²) < 4.78 is 10.6. The maximum Gasteiger partial charge on any atom is 0.407 e. The van der Waals surface area contributed by atoms with Gasteiger partial charge in [0.1, 0.15) is 12.2 Å². The van der Waals surface area contributed by atoms with Crippen LogP contribution in [0.4, 0.5) is 4.79 Å². The van der Waals surface area contributed by atoms with Crippen LogP contribution in [0.15, 0.2) is 24.3 Å². The Morgan fingerprint density at radius 2 is 1.85 bits per heavy atom. The highest BCUT2D eigenvalue weighted by molar-refractivity contribution is 6.31. The molecule has 0 bridgehead atoms. The second-order valence-corrected chi connectivity index (χ2v) is 7.79. The average Bonchev–Trinajstić information content (AvgIpc) is 2.51. The van der Waals surface area contributed by atoms with Gasteiger partial charge in [-0.05, 0) is 38.3 Å². The van der Waals surface area contributed by atoms with Gasteiger partial charge in [-0.15, -0.1) is 0 Å². The van der Waals surface area contributed by atoms with Gasteiger partial charge in [0.2, 0.25) is 5.91 Å². The van der Waals surface area contributed by atoms with Gasteiger partial charge in [-0.1, -0.05) is 43.6 Å². The van der Waals surface area contributed by atoms with Crippen LogP contribution in [0, 0.1) is 5.92 Å². The molecule has 0 aliphatic carbocycles. The highest BCUT2D eigenvalue weighted by Crippen LogP contribution is 2.15. The fourth-order valence-corrected chi connectivity index (χ4v) is 2.25. The number of halogens is 1. The number of alkyl carbamates (subject to hydrolysis) is 1. The van der Waals surface area contributed by atoms with E-state index in [0.717, 1.165) is 5.56 Å². The third kappa shape index (κ3) is 9.06. The second kappa shape index (κ2) is 10.4. The van der Waals surface area contributed by atoms with Gasteiger partial charge in [0, 0.05) is 11.6 Å². The molecule has 0 saturated heterocycles. The van der Waals surface area contributed by atoms with Crippen molar-refractivity contribution < 1.29 is 19.1 Å². The lowest BCUT2D eigenvalue weighted by atomic mass is 10.0. The molecule has 26 heavy (non-hydrogen) atoms. The summed E-state index contributed by atoms with van der Waals surface area (Å²) in [5, 5.41) is 6.16. The van der Waals surface area contributed by atoms with E-state index in [9.17, 15) is 9.59 Å². The molecular formula is C19H29ClN2O4. The highest BCUT2D eigenvalue weighted by atomic mass is 35.5. The van der Waals surface area contributed by atoms with E-state index in [2.05, 4.69) is 10.6 Å². The molecule has 146 valence electrons. The number of ether oxygens (including phenoxy) is 2. The molecule has 6 nitrogen and oxygen atoms in total. The second-order valence-electron chi connectivity index (χ2n) is 7.39. The molecule has 0 aliphatic heterocycles. The first-order valence-electron chi connectivity index (χ1n) is 8.66. The molecule has 1 aromatic carbocycles. The van der Waals surface area contributed by atoms with Crippen LogP contribution < -0.4 is 10.6 Å². The Balaban J connectivity index is 2.37. The summed E-state index contributed by atoms with van der Waals surface area (Å²) in [5.74, 6) is -0.124. The zero-order valence-corrected chi connectivity index (χ0v) is 16.9. The number of carbonyl (C=O) groups excluding carboxylic acids is 2. The molecule has 1 aromatic rings. The minimum Gasteiger partial charge on any atom is -0.444 e. The first-order valence-corrected chi connectivity index (χ1v) is 9.03. The van der Waals surface area contributed by atoms with Gasteiger partial charge in [-0.2, -0.15) is 0 Å². The topological polar surface area (TPSA) is 76.7 Å². The van der Waals surface area contributed by atoms with Crippen molar-refractivity contribution in [3.8, 4) is 0 Å². The molecule has 1 unspecified atom stereocenters. The van der Waals surface area contributed by atoms with Crippen molar-refractivity contribution >= 4 is 23.6 Å². The number of nitrogens with one attached hydrogen (secondary N) is 2. The molecular weight excluding hydrogens is 356 g/mol. The number of hydrogen-bond acceptors (Lipinski definition) is 4. The molecule has 0 heterocycles. The van der Waals surface area contributed by atoms with Crippen LogP contribution in [-0.2, 0) is 20.9 Å². The molecule has 0 fully saturated rings. The van der Waals surface area contributed by atoms with Gasteiger partial charge >= 0.3 is 6.09 Å². The van der Waals surface area contributed by atoms with Gasteiger partial charge in [0.25, 0.3) is 0 Å². The molecule has 0 spiro atoms. The maximum atomic E-state index is 11.9. The minimum absolute atomic E-state index is 0.0809. The first kappa shape index (κ1) is 22.3. The Bertz CT molecular complexity index is 599. The van der Waals surface area contributed by atoms with Crippen molar-refractivity contribution in [3.05, 3.63) is 34.9 Å². The Morgan fingerprint density at radius 3 is 2.42 bits per heavy atom. The Morgan fingerprint density at radius 1 is 1.19 bits per heavy atom. The van der Waals surface area contributed by atoms with Gasteiger partial charge < -0.3 is 20.1 Å². The smallest absolute Gasteiger partial charge is 0.407 e. The fraction of sp³-hybridized carbons (Fsp3) is 0.579. The number of carbonyl (C=O) groups is 2. The minimum atomic E-state index is -0.568. The molecule has 2 amide bonds. The standard InChI is InChI=1S/C19H29ClN2O4/c1-13(2)16(22-18(24)26-19(3,4)5)10-21-17(23)12-25-11-14-8-6-7-9-15(14)20/h6-9,13,16H,10-12H2,1-5H3,(H,21,23)(H,22,24). The van der Waals surface area contributed by atoms with E-state index in [-0.39, 0.29) is 31.1 Å². The van der Waals surface area contributed by atoms with Gasteiger partial charge in [-0.3, -0.25) is 4.79 Å². The summed E-state index contributed by atoms with van der Waals surface area (Å²) >= 11 is 6.04. The highest BCUT2D eigenvalue weighted by Gasteiger charge is 2.21. The third-order valence-electron chi connectivity index (χ3n) is 3.47. The van der Waals surface area contributed by atoms with E-state index in [1.54, 1.807) is 26.8 Å². The summed E-state index contributed by atoms with van der Waals surface area (Å²) in [5.41, 5.74) is 0.259. The van der Waals surface area contributed by atoms with Crippen LogP contribution in [0.2, 0.25) is 5.02 Å². The summed E-state index contributed by atoms with van der Waals surface area (Å²) in [4.78, 5) is 23.8. The monoisotopic (exact) mass is 384 g/mol. The van der Waals surface area contributed by atoms with Crippen molar-refractivity contribution in [1.82, 2.24) is 10.6 Å². The van der Waals surface area contributed by atoms with E-state index in [1.165, 1.54) is 0 Å². The lowest BCUT2D eigenvalue weighted by Crippen LogP contribution is -2.48. The van der Waals surface area contributed by atoms with E-state index in [0.29, 0.717) is 11.6 Å². The van der Waals surface area contributed by atoms with Crippen LogP contribution in [-0.4, -0.2) is 36.8 Å². The number of rotatable bonds is 8. The Labute approximate surface area is 160 Å². The summed E-state index contributed by atoms with van der Waals surface area (Å²) in [6, 6.07) is 7.08. The number of benzene rings is 1. The van der Waals surface area contributed by atoms with Crippen molar-refractivity contribution in [3.63, 3.8) is 0 Å². The van der Waals surface area contributed by atoms with E-state index in [4.69, 9.17) is 21.1 Å². The quantitative estimate of drug-likeness (QED) is 0.718. The predicted molar refractivity (Wildman–Crippen MR) is 102 cm³/mol. The predicted octanol–water partition coefficient (Wildman–Crippen LogP) is 3.52. The molecule has 2 N–H and O–H groups in total. The number of hydrogen-bond donors (Lipinski definition) is 2. The van der Waals surface area contributed by atoms with Crippen molar-refractivity contribution in [2.24, 2.45) is 5.92 Å². The Hall–Kier alpha value is -1.79. The molecule has 0 aliphatic rings. The SMILES string of the molecule is CC(C)C(CNC(=O)COCc1ccccc1Cl)NC(=O)OC(C)(C)C. The van der Waals surface area contributed by atoms with Crippen molar-refractivity contribution in [2.45, 2.75) is 52.9 Å². The zero-order chi connectivity index (χ0) is 19.7. The van der Waals surface area contributed by atoms with Crippen molar-refractivity contribution in [2.75, 3.05) is 13.2 Å². The summed E-state index contributed by atoms with van der Waals surface area (Å²) in [6.07, 6.45) is -0.500. The Kier molecular flexibility index (Phi) is 8.88. The lowest BCUT2D eigenvalue weighted by molar-refractivity contribution is -0.126. The zero-order valence-electron chi connectivity index (χ0n) is 16.1. The number of amides is 2. The van der Waals surface area contributed by atoms with Crippen LogP contribution >= 0.6 is 11.6 Å². The molecule has 7 heteroatoms.